The minimum Gasteiger partial charge on any atom is -0.497 e. The standard InChI is InChI=1S/C15H23NO2/c1-15(2,3)9-11-8-13(16)12-7-10(17-4)5-6-14(12)18-11/h5-7,11,13H,8-9,16H2,1-4H3/t11?,13-/m0/s1. The molecule has 2 N–H and O–H groups in total. The van der Waals surface area contributed by atoms with Crippen molar-refractivity contribution in [3.63, 3.8) is 0 Å². The van der Waals surface area contributed by atoms with Crippen molar-refractivity contribution in [2.75, 3.05) is 7.11 Å². The first kappa shape index (κ1) is 13.2. The fraction of sp³-hybridized carbons (Fsp3) is 0.600. The van der Waals surface area contributed by atoms with Crippen LogP contribution >= 0.6 is 0 Å². The third-order valence-electron chi connectivity index (χ3n) is 3.27. The van der Waals surface area contributed by atoms with Gasteiger partial charge in [0.05, 0.1) is 7.11 Å². The molecule has 0 saturated heterocycles. The second kappa shape index (κ2) is 4.81. The number of nitrogens with two attached hydrogens (primary N) is 1. The molecule has 0 amide bonds. The molecule has 3 nitrogen and oxygen atoms in total. The van der Waals surface area contributed by atoms with E-state index in [-0.39, 0.29) is 17.6 Å². The summed E-state index contributed by atoms with van der Waals surface area (Å²) >= 11 is 0. The van der Waals surface area contributed by atoms with Gasteiger partial charge < -0.3 is 15.2 Å². The Morgan fingerprint density at radius 1 is 1.39 bits per heavy atom. The van der Waals surface area contributed by atoms with Gasteiger partial charge in [-0.05, 0) is 30.0 Å². The van der Waals surface area contributed by atoms with E-state index < -0.39 is 0 Å². The Bertz CT molecular complexity index is 423. The van der Waals surface area contributed by atoms with Gasteiger partial charge in [0.1, 0.15) is 17.6 Å². The van der Waals surface area contributed by atoms with E-state index in [1.807, 2.05) is 18.2 Å². The van der Waals surface area contributed by atoms with Crippen LogP contribution in [0.3, 0.4) is 0 Å². The molecule has 1 aliphatic heterocycles. The average Bonchev–Trinajstić information content (AvgIpc) is 2.26. The summed E-state index contributed by atoms with van der Waals surface area (Å²) in [4.78, 5) is 0. The molecule has 0 saturated carbocycles. The van der Waals surface area contributed by atoms with E-state index >= 15 is 0 Å². The lowest BCUT2D eigenvalue weighted by molar-refractivity contribution is 0.112. The highest BCUT2D eigenvalue weighted by molar-refractivity contribution is 5.43. The number of benzene rings is 1. The van der Waals surface area contributed by atoms with Crippen LogP contribution < -0.4 is 15.2 Å². The minimum absolute atomic E-state index is 0.0381. The Labute approximate surface area is 109 Å². The van der Waals surface area contributed by atoms with Gasteiger partial charge in [0.15, 0.2) is 0 Å². The van der Waals surface area contributed by atoms with E-state index in [0.29, 0.717) is 0 Å². The third kappa shape index (κ3) is 2.96. The third-order valence-corrected chi connectivity index (χ3v) is 3.27. The van der Waals surface area contributed by atoms with E-state index in [4.69, 9.17) is 15.2 Å². The molecular weight excluding hydrogens is 226 g/mol. The van der Waals surface area contributed by atoms with Gasteiger partial charge in [-0.15, -0.1) is 0 Å². The molecule has 1 heterocycles. The Kier molecular flexibility index (Phi) is 3.53. The van der Waals surface area contributed by atoms with Gasteiger partial charge in [-0.1, -0.05) is 20.8 Å². The van der Waals surface area contributed by atoms with E-state index in [0.717, 1.165) is 29.9 Å². The lowest BCUT2D eigenvalue weighted by Gasteiger charge is -2.34. The molecule has 1 aromatic rings. The lowest BCUT2D eigenvalue weighted by atomic mass is 9.85. The first-order chi connectivity index (χ1) is 8.39. The molecule has 0 fully saturated rings. The molecule has 1 unspecified atom stereocenters. The van der Waals surface area contributed by atoms with Gasteiger partial charge in [-0.2, -0.15) is 0 Å². The van der Waals surface area contributed by atoms with Gasteiger partial charge in [-0.25, -0.2) is 0 Å². The number of rotatable bonds is 2. The van der Waals surface area contributed by atoms with Gasteiger partial charge >= 0.3 is 0 Å². The largest absolute Gasteiger partial charge is 0.497 e. The van der Waals surface area contributed by atoms with E-state index in [1.165, 1.54) is 0 Å². The summed E-state index contributed by atoms with van der Waals surface area (Å²) in [6.45, 7) is 6.68. The average molecular weight is 249 g/mol. The second-order valence-electron chi connectivity index (χ2n) is 6.25. The summed E-state index contributed by atoms with van der Waals surface area (Å²) in [6, 6.07) is 5.90. The molecule has 0 aliphatic carbocycles. The number of ether oxygens (including phenoxy) is 2. The van der Waals surface area contributed by atoms with Crippen molar-refractivity contribution in [2.45, 2.75) is 45.8 Å². The zero-order valence-corrected chi connectivity index (χ0v) is 11.7. The maximum Gasteiger partial charge on any atom is 0.124 e. The fourth-order valence-corrected chi connectivity index (χ4v) is 2.50. The number of methoxy groups -OCH3 is 1. The summed E-state index contributed by atoms with van der Waals surface area (Å²) in [5.41, 5.74) is 7.56. The number of hydrogen-bond acceptors (Lipinski definition) is 3. The minimum atomic E-state index is 0.0381. The van der Waals surface area contributed by atoms with E-state index in [1.54, 1.807) is 7.11 Å². The van der Waals surface area contributed by atoms with Crippen LogP contribution in [0.25, 0.3) is 0 Å². The van der Waals surface area contributed by atoms with Crippen LogP contribution in [0.4, 0.5) is 0 Å². The summed E-state index contributed by atoms with van der Waals surface area (Å²) < 4.78 is 11.3. The van der Waals surface area contributed by atoms with Crippen molar-refractivity contribution in [3.8, 4) is 11.5 Å². The van der Waals surface area contributed by atoms with Crippen molar-refractivity contribution in [1.82, 2.24) is 0 Å². The SMILES string of the molecule is COc1ccc2c(c1)[C@@H](N)CC(CC(C)(C)C)O2. The van der Waals surface area contributed by atoms with Crippen LogP contribution in [-0.2, 0) is 0 Å². The Hall–Kier alpha value is -1.22. The van der Waals surface area contributed by atoms with Gasteiger partial charge in [0.2, 0.25) is 0 Å². The van der Waals surface area contributed by atoms with Crippen molar-refractivity contribution in [1.29, 1.82) is 0 Å². The maximum atomic E-state index is 6.24. The zero-order valence-electron chi connectivity index (χ0n) is 11.7. The monoisotopic (exact) mass is 249 g/mol. The first-order valence-corrected chi connectivity index (χ1v) is 6.49. The lowest BCUT2D eigenvalue weighted by Crippen LogP contribution is -2.32. The Balaban J connectivity index is 2.19. The molecule has 2 atom stereocenters. The molecule has 0 spiro atoms. The maximum absolute atomic E-state index is 6.24. The van der Waals surface area contributed by atoms with Crippen molar-refractivity contribution < 1.29 is 9.47 Å². The van der Waals surface area contributed by atoms with E-state index in [2.05, 4.69) is 20.8 Å². The van der Waals surface area contributed by atoms with Crippen LogP contribution in [0.2, 0.25) is 0 Å². The molecular formula is C15H23NO2. The zero-order chi connectivity index (χ0) is 13.3. The highest BCUT2D eigenvalue weighted by Crippen LogP contribution is 2.38. The molecule has 0 aromatic heterocycles. The predicted molar refractivity (Wildman–Crippen MR) is 73.0 cm³/mol. The molecule has 1 aromatic carbocycles. The number of fused-ring (bicyclic) bond motifs is 1. The van der Waals surface area contributed by atoms with E-state index in [9.17, 15) is 0 Å². The highest BCUT2D eigenvalue weighted by Gasteiger charge is 2.29. The van der Waals surface area contributed by atoms with Crippen LogP contribution in [0.5, 0.6) is 11.5 Å². The van der Waals surface area contributed by atoms with Crippen molar-refractivity contribution in [2.24, 2.45) is 11.1 Å². The van der Waals surface area contributed by atoms with Crippen LogP contribution in [0, 0.1) is 5.41 Å². The summed E-state index contributed by atoms with van der Waals surface area (Å²) in [5.74, 6) is 1.74. The molecule has 2 rings (SSSR count). The molecule has 100 valence electrons. The van der Waals surface area contributed by atoms with Gasteiger partial charge in [0.25, 0.3) is 0 Å². The molecule has 0 radical (unpaired) electrons. The highest BCUT2D eigenvalue weighted by atomic mass is 16.5. The normalized spacial score (nSPS) is 23.2. The van der Waals surface area contributed by atoms with Gasteiger partial charge in [0, 0.05) is 18.0 Å². The summed E-state index contributed by atoms with van der Waals surface area (Å²) in [7, 11) is 1.67. The van der Waals surface area contributed by atoms with Crippen LogP contribution in [0.1, 0.15) is 45.2 Å². The summed E-state index contributed by atoms with van der Waals surface area (Å²) in [5, 5.41) is 0. The Morgan fingerprint density at radius 3 is 2.72 bits per heavy atom. The Morgan fingerprint density at radius 2 is 2.11 bits per heavy atom. The molecule has 18 heavy (non-hydrogen) atoms. The first-order valence-electron chi connectivity index (χ1n) is 6.49. The second-order valence-corrected chi connectivity index (χ2v) is 6.25. The smallest absolute Gasteiger partial charge is 0.124 e. The molecule has 0 bridgehead atoms. The molecule has 3 heteroatoms. The van der Waals surface area contributed by atoms with Crippen LogP contribution in [-0.4, -0.2) is 13.2 Å². The van der Waals surface area contributed by atoms with Crippen LogP contribution in [0.15, 0.2) is 18.2 Å². The topological polar surface area (TPSA) is 44.5 Å². The van der Waals surface area contributed by atoms with Crippen molar-refractivity contribution >= 4 is 0 Å². The number of hydrogen-bond donors (Lipinski definition) is 1. The summed E-state index contributed by atoms with van der Waals surface area (Å²) in [6.07, 6.45) is 2.10. The van der Waals surface area contributed by atoms with Crippen molar-refractivity contribution in [3.05, 3.63) is 23.8 Å². The van der Waals surface area contributed by atoms with Gasteiger partial charge in [-0.3, -0.25) is 0 Å². The fourth-order valence-electron chi connectivity index (χ4n) is 2.50. The predicted octanol–water partition coefficient (Wildman–Crippen LogP) is 3.28. The quantitative estimate of drug-likeness (QED) is 0.874. The molecule has 1 aliphatic rings.